The third-order valence-electron chi connectivity index (χ3n) is 10.8. The van der Waals surface area contributed by atoms with Crippen LogP contribution in [0.1, 0.15) is 11.1 Å². The van der Waals surface area contributed by atoms with E-state index in [1.54, 1.807) is 0 Å². The van der Waals surface area contributed by atoms with E-state index in [0.717, 1.165) is 62.8 Å². The fourth-order valence-electron chi connectivity index (χ4n) is 6.88. The zero-order valence-electron chi connectivity index (χ0n) is 33.2. The lowest BCUT2D eigenvalue weighted by atomic mass is 9.76. The summed E-state index contributed by atoms with van der Waals surface area (Å²) in [5, 5.41) is -0.839. The summed E-state index contributed by atoms with van der Waals surface area (Å²) >= 11 is 2.70. The Morgan fingerprint density at radius 3 is 0.910 bits per heavy atom. The molecule has 366 valence electrons. The minimum Gasteiger partial charge on any atom is -0.497 e. The maximum atomic E-state index is 16.2. The Morgan fingerprint density at radius 1 is 0.343 bits per heavy atom. The molecule has 0 saturated heterocycles. The fourth-order valence-corrected chi connectivity index (χ4v) is 7.32. The number of hydrogen-bond donors (Lipinski definition) is 0. The van der Waals surface area contributed by atoms with Crippen LogP contribution in [-0.4, -0.2) is 84.9 Å². The zero-order valence-corrected chi connectivity index (χ0v) is 34.8. The average Bonchev–Trinajstić information content (AvgIpc) is 3.26. The Balaban J connectivity index is 1.14. The minimum absolute atomic E-state index is 0.0318. The summed E-state index contributed by atoms with van der Waals surface area (Å²) in [5.74, 6) is -76.4. The summed E-state index contributed by atoms with van der Waals surface area (Å²) in [4.78, 5) is 0. The number of rotatable bonds is 15. The zero-order chi connectivity index (χ0) is 50.0. The van der Waals surface area contributed by atoms with Gasteiger partial charge in [-0.2, -0.15) is 79.0 Å². The predicted octanol–water partition coefficient (Wildman–Crippen LogP) is 12.1. The fraction of sp³-hybridized carbons (Fsp3) is 0.400. The predicted molar refractivity (Wildman–Crippen MR) is 193 cm³/mol. The van der Waals surface area contributed by atoms with E-state index in [0.29, 0.717) is 6.92 Å². The molecule has 6 atom stereocenters. The summed E-state index contributed by atoms with van der Waals surface area (Å²) < 4.78 is 307. The van der Waals surface area contributed by atoms with Crippen molar-refractivity contribution in [2.24, 2.45) is 0 Å². The number of benzene rings is 4. The van der Waals surface area contributed by atoms with E-state index in [2.05, 4.69) is 44.4 Å². The van der Waals surface area contributed by atoms with Gasteiger partial charge in [0.05, 0.1) is 14.2 Å². The lowest BCUT2D eigenvalue weighted by molar-refractivity contribution is -0.527. The molecule has 67 heavy (non-hydrogen) atoms. The van der Waals surface area contributed by atoms with Gasteiger partial charge in [-0.1, -0.05) is 15.9 Å². The quantitative estimate of drug-likeness (QED) is 0.0861. The van der Waals surface area contributed by atoms with Gasteiger partial charge in [0.2, 0.25) is 0 Å². The van der Waals surface area contributed by atoms with Crippen molar-refractivity contribution in [3.05, 3.63) is 96.1 Å². The molecule has 4 aromatic carbocycles. The highest BCUT2D eigenvalue weighted by Gasteiger charge is 3.05. The van der Waals surface area contributed by atoms with Crippen molar-refractivity contribution in [3.8, 4) is 46.0 Å². The maximum Gasteiger partial charge on any atom is 0.395 e. The van der Waals surface area contributed by atoms with E-state index in [1.807, 2.05) is 0 Å². The maximum absolute atomic E-state index is 16.2. The summed E-state index contributed by atoms with van der Waals surface area (Å²) in [6.45, 7) is 0.657. The van der Waals surface area contributed by atoms with E-state index < -0.39 is 122 Å². The first-order valence-electron chi connectivity index (χ1n) is 18.3. The van der Waals surface area contributed by atoms with Crippen LogP contribution in [-0.2, 0) is 5.33 Å². The van der Waals surface area contributed by atoms with E-state index in [1.165, 1.54) is 0 Å². The summed E-state index contributed by atoms with van der Waals surface area (Å²) in [7, 11) is 2.31. The molecule has 3 saturated carbocycles. The van der Waals surface area contributed by atoms with Crippen molar-refractivity contribution in [2.45, 2.75) is 82.9 Å². The molecule has 0 aliphatic heterocycles. The van der Waals surface area contributed by atoms with Crippen molar-refractivity contribution < 1.29 is 117 Å². The first kappa shape index (κ1) is 49.4. The van der Waals surface area contributed by atoms with Gasteiger partial charge in [-0.3, -0.25) is 0 Å². The van der Waals surface area contributed by atoms with Crippen LogP contribution >= 0.6 is 15.9 Å². The molecular formula is C40H25BrF18O8. The number of alkyl halides is 19. The van der Waals surface area contributed by atoms with Crippen molar-refractivity contribution >= 4 is 15.9 Å². The first-order chi connectivity index (χ1) is 30.7. The number of aryl methyl sites for hydroxylation is 1. The Hall–Kier alpha value is -5.50. The molecule has 7 rings (SSSR count). The topological polar surface area (TPSA) is 73.8 Å². The van der Waals surface area contributed by atoms with E-state index in [9.17, 15) is 52.7 Å². The van der Waals surface area contributed by atoms with E-state index >= 15 is 26.3 Å². The molecule has 0 amide bonds. The number of halogens is 19. The van der Waals surface area contributed by atoms with Crippen molar-refractivity contribution in [3.63, 3.8) is 0 Å². The van der Waals surface area contributed by atoms with Crippen LogP contribution in [0.5, 0.6) is 46.0 Å². The van der Waals surface area contributed by atoms with Gasteiger partial charge >= 0.3 is 70.7 Å². The van der Waals surface area contributed by atoms with Gasteiger partial charge in [-0.25, -0.2) is 0 Å². The molecular weight excluding hydrogens is 1030 g/mol. The normalized spacial score (nSPS) is 32.3. The van der Waals surface area contributed by atoms with Gasteiger partial charge in [0.15, 0.2) is 0 Å². The largest absolute Gasteiger partial charge is 0.497 e. The molecule has 3 fully saturated rings. The lowest BCUT2D eigenvalue weighted by Crippen LogP contribution is -2.89. The third-order valence-corrected chi connectivity index (χ3v) is 11.4. The van der Waals surface area contributed by atoms with Crippen LogP contribution in [0.2, 0.25) is 0 Å². The van der Waals surface area contributed by atoms with Gasteiger partial charge in [0.1, 0.15) is 46.0 Å². The molecule has 0 aromatic heterocycles. The second-order valence-corrected chi connectivity index (χ2v) is 15.4. The smallest absolute Gasteiger partial charge is 0.395 e. The molecule has 0 N–H and O–H groups in total. The summed E-state index contributed by atoms with van der Waals surface area (Å²) in [6, 6.07) is 7.90. The summed E-state index contributed by atoms with van der Waals surface area (Å²) in [5.41, 5.74) is -1.79. The van der Waals surface area contributed by atoms with E-state index in [4.69, 9.17) is 9.47 Å². The highest BCUT2D eigenvalue weighted by atomic mass is 79.9. The molecule has 8 nitrogen and oxygen atoms in total. The SMILES string of the molecule is COc1ccc(OC2(F)C(F)(F)C(F)(F)C2(F)Oc2ccc(OC3(F)C(F)(F)C(F)(F)C3(F)Oc3ccc(OC4(F)C(F)(F)C(F)(F)C4(F)Oc4ccc(OC)cc4)c(CBr)c3)c(C)c2)cc1. The Morgan fingerprint density at radius 2 is 0.597 bits per heavy atom. The average molecular weight is 1060 g/mol. The molecule has 0 heterocycles. The number of hydrogen-bond acceptors (Lipinski definition) is 8. The Bertz CT molecular complexity index is 2560. The molecule has 4 aromatic rings. The van der Waals surface area contributed by atoms with Crippen LogP contribution < -0.4 is 37.9 Å². The highest BCUT2D eigenvalue weighted by molar-refractivity contribution is 9.08. The second kappa shape index (κ2) is 15.0. The number of ether oxygens (including phenoxy) is 8. The highest BCUT2D eigenvalue weighted by Crippen LogP contribution is 2.71. The van der Waals surface area contributed by atoms with Crippen LogP contribution in [0, 0.1) is 6.92 Å². The van der Waals surface area contributed by atoms with Gasteiger partial charge in [-0.15, -0.1) is 0 Å². The third kappa shape index (κ3) is 6.08. The van der Waals surface area contributed by atoms with Crippen molar-refractivity contribution in [2.75, 3.05) is 14.2 Å². The Labute approximate surface area is 371 Å². The van der Waals surface area contributed by atoms with Gasteiger partial charge in [0.25, 0.3) is 0 Å². The first-order valence-corrected chi connectivity index (χ1v) is 19.4. The molecule has 0 bridgehead atoms. The summed E-state index contributed by atoms with van der Waals surface area (Å²) in [6.07, 6.45) is 0. The van der Waals surface area contributed by atoms with E-state index in [-0.39, 0.29) is 47.9 Å². The van der Waals surface area contributed by atoms with Crippen molar-refractivity contribution in [1.82, 2.24) is 0 Å². The van der Waals surface area contributed by atoms with Gasteiger partial charge in [0, 0.05) is 10.9 Å². The number of methoxy groups -OCH3 is 2. The monoisotopic (exact) mass is 1050 g/mol. The molecule has 27 heteroatoms. The van der Waals surface area contributed by atoms with Crippen LogP contribution in [0.3, 0.4) is 0 Å². The van der Waals surface area contributed by atoms with Crippen LogP contribution in [0.15, 0.2) is 84.9 Å². The van der Waals surface area contributed by atoms with Crippen LogP contribution in [0.25, 0.3) is 0 Å². The molecule has 0 radical (unpaired) electrons. The van der Waals surface area contributed by atoms with Crippen molar-refractivity contribution in [1.29, 1.82) is 0 Å². The molecule has 3 aliphatic rings. The molecule has 6 unspecified atom stereocenters. The molecule has 3 aliphatic carbocycles. The van der Waals surface area contributed by atoms with Gasteiger partial charge < -0.3 is 37.9 Å². The Kier molecular flexibility index (Phi) is 11.1. The van der Waals surface area contributed by atoms with Crippen LogP contribution in [0.4, 0.5) is 79.0 Å². The lowest BCUT2D eigenvalue weighted by Gasteiger charge is -2.56. The second-order valence-electron chi connectivity index (χ2n) is 14.8. The molecule has 0 spiro atoms. The minimum atomic E-state index is -6.21. The standard InChI is InChI=1S/C40H25BrF18O8/c1-19-16-25(64-36(55)30(44,45)29(42,43)35(36,54)62-23-8-4-21(60-2)5-9-23)12-14-27(19)66-39(58)33(50,51)32(48,49)38(39,57)65-26-13-15-28(20(17-26)18-41)67-40(59)34(52,53)31(46,47)37(40,56)63-24-10-6-22(61-3)7-11-24/h4-17H,18H2,1-3H3. The van der Waals surface area contributed by atoms with Gasteiger partial charge in [-0.05, 0) is 97.4 Å².